The second-order valence-corrected chi connectivity index (χ2v) is 4.15. The zero-order valence-electron chi connectivity index (χ0n) is 9.93. The fourth-order valence-corrected chi connectivity index (χ4v) is 1.90. The highest BCUT2D eigenvalue weighted by Crippen LogP contribution is 2.32. The molecular weight excluding hydrogens is 243 g/mol. The number of rotatable bonds is 1. The first-order valence-corrected chi connectivity index (χ1v) is 5.77. The Morgan fingerprint density at radius 3 is 2.68 bits per heavy atom. The molecule has 3 nitrogen and oxygen atoms in total. The maximum absolute atomic E-state index is 13.0. The van der Waals surface area contributed by atoms with Crippen molar-refractivity contribution in [2.75, 3.05) is 6.61 Å². The van der Waals surface area contributed by atoms with Crippen LogP contribution in [-0.2, 0) is 0 Å². The molecule has 1 aliphatic heterocycles. The second-order valence-electron chi connectivity index (χ2n) is 4.15. The molecule has 19 heavy (non-hydrogen) atoms. The number of hydrogen-bond acceptors (Lipinski definition) is 3. The molecule has 2 aromatic carbocycles. The molecule has 0 aromatic heterocycles. The van der Waals surface area contributed by atoms with Gasteiger partial charge in [-0.1, -0.05) is 12.1 Å². The molecule has 0 fully saturated rings. The van der Waals surface area contributed by atoms with Gasteiger partial charge in [-0.2, -0.15) is 5.26 Å². The standard InChI is InChI=1S/C15H9FN2O/c16-12-5-6-13-15(7-12)19-9-14(18-13)11-3-1-10(8-17)2-4-11/h1-7H,9H2. The number of nitriles is 1. The van der Waals surface area contributed by atoms with Crippen LogP contribution in [0.4, 0.5) is 10.1 Å². The van der Waals surface area contributed by atoms with E-state index in [0.29, 0.717) is 23.6 Å². The SMILES string of the molecule is N#Cc1ccc(C2=Nc3ccc(F)cc3OC2)cc1. The van der Waals surface area contributed by atoms with Gasteiger partial charge < -0.3 is 4.74 Å². The van der Waals surface area contributed by atoms with Crippen LogP contribution in [0.1, 0.15) is 11.1 Å². The van der Waals surface area contributed by atoms with Gasteiger partial charge in [-0.15, -0.1) is 0 Å². The number of benzene rings is 2. The van der Waals surface area contributed by atoms with Gasteiger partial charge in [0.05, 0.1) is 17.3 Å². The van der Waals surface area contributed by atoms with Crippen molar-refractivity contribution in [1.29, 1.82) is 5.26 Å². The fourth-order valence-electron chi connectivity index (χ4n) is 1.90. The van der Waals surface area contributed by atoms with Gasteiger partial charge in [-0.3, -0.25) is 0 Å². The maximum atomic E-state index is 13.0. The van der Waals surface area contributed by atoms with E-state index in [2.05, 4.69) is 11.1 Å². The van der Waals surface area contributed by atoms with E-state index in [4.69, 9.17) is 10.00 Å². The van der Waals surface area contributed by atoms with E-state index in [9.17, 15) is 4.39 Å². The lowest BCUT2D eigenvalue weighted by Crippen LogP contribution is -2.16. The smallest absolute Gasteiger partial charge is 0.148 e. The Kier molecular flexibility index (Phi) is 2.73. The number of halogens is 1. The molecule has 0 atom stereocenters. The molecule has 0 saturated carbocycles. The summed E-state index contributed by atoms with van der Waals surface area (Å²) in [6, 6.07) is 13.5. The monoisotopic (exact) mass is 252 g/mol. The average molecular weight is 252 g/mol. The molecule has 0 spiro atoms. The third-order valence-electron chi connectivity index (χ3n) is 2.89. The summed E-state index contributed by atoms with van der Waals surface area (Å²) in [5.74, 6) is 0.119. The van der Waals surface area contributed by atoms with Crippen molar-refractivity contribution in [2.45, 2.75) is 0 Å². The molecule has 2 aromatic rings. The number of ether oxygens (including phenoxy) is 1. The summed E-state index contributed by atoms with van der Waals surface area (Å²) in [6.45, 7) is 0.294. The van der Waals surface area contributed by atoms with Gasteiger partial charge in [0.1, 0.15) is 23.9 Å². The van der Waals surface area contributed by atoms with Crippen molar-refractivity contribution < 1.29 is 9.13 Å². The van der Waals surface area contributed by atoms with Crippen LogP contribution in [0.15, 0.2) is 47.5 Å². The van der Waals surface area contributed by atoms with Gasteiger partial charge in [0.25, 0.3) is 0 Å². The van der Waals surface area contributed by atoms with Crippen molar-refractivity contribution in [3.8, 4) is 11.8 Å². The molecule has 0 aliphatic carbocycles. The lowest BCUT2D eigenvalue weighted by atomic mass is 10.1. The zero-order valence-corrected chi connectivity index (χ0v) is 9.93. The Morgan fingerprint density at radius 1 is 1.16 bits per heavy atom. The summed E-state index contributed by atoms with van der Waals surface area (Å²) in [7, 11) is 0. The van der Waals surface area contributed by atoms with Crippen LogP contribution in [0.25, 0.3) is 0 Å². The summed E-state index contributed by atoms with van der Waals surface area (Å²) in [4.78, 5) is 4.45. The van der Waals surface area contributed by atoms with Crippen LogP contribution in [-0.4, -0.2) is 12.3 Å². The molecule has 0 bridgehead atoms. The van der Waals surface area contributed by atoms with E-state index in [1.807, 2.05) is 12.1 Å². The van der Waals surface area contributed by atoms with Crippen LogP contribution < -0.4 is 4.74 Å². The summed E-state index contributed by atoms with van der Waals surface area (Å²) in [5, 5.41) is 8.75. The Balaban J connectivity index is 1.98. The van der Waals surface area contributed by atoms with Crippen molar-refractivity contribution in [2.24, 2.45) is 4.99 Å². The van der Waals surface area contributed by atoms with Gasteiger partial charge in [-0.25, -0.2) is 9.38 Å². The topological polar surface area (TPSA) is 45.4 Å². The van der Waals surface area contributed by atoms with E-state index in [0.717, 1.165) is 11.3 Å². The predicted molar refractivity (Wildman–Crippen MR) is 69.2 cm³/mol. The van der Waals surface area contributed by atoms with Crippen molar-refractivity contribution in [1.82, 2.24) is 0 Å². The predicted octanol–water partition coefficient (Wildman–Crippen LogP) is 3.21. The lowest BCUT2D eigenvalue weighted by molar-refractivity contribution is 0.370. The molecule has 3 rings (SSSR count). The zero-order chi connectivity index (χ0) is 13.2. The van der Waals surface area contributed by atoms with E-state index in [1.165, 1.54) is 12.1 Å². The van der Waals surface area contributed by atoms with Gasteiger partial charge in [0.2, 0.25) is 0 Å². The van der Waals surface area contributed by atoms with Crippen molar-refractivity contribution in [3.05, 3.63) is 59.4 Å². The number of hydrogen-bond donors (Lipinski definition) is 0. The number of nitrogens with zero attached hydrogens (tertiary/aromatic N) is 2. The molecular formula is C15H9FN2O. The first kappa shape index (κ1) is 11.4. The Morgan fingerprint density at radius 2 is 1.95 bits per heavy atom. The highest BCUT2D eigenvalue weighted by atomic mass is 19.1. The van der Waals surface area contributed by atoms with Gasteiger partial charge >= 0.3 is 0 Å². The van der Waals surface area contributed by atoms with Gasteiger partial charge in [0, 0.05) is 6.07 Å². The second kappa shape index (κ2) is 4.54. The van der Waals surface area contributed by atoms with Crippen LogP contribution in [0.5, 0.6) is 5.75 Å². The maximum Gasteiger partial charge on any atom is 0.148 e. The molecule has 1 aliphatic rings. The van der Waals surface area contributed by atoms with Crippen molar-refractivity contribution in [3.63, 3.8) is 0 Å². The fraction of sp³-hybridized carbons (Fsp3) is 0.0667. The molecule has 92 valence electrons. The number of fused-ring (bicyclic) bond motifs is 1. The van der Waals surface area contributed by atoms with Gasteiger partial charge in [-0.05, 0) is 29.8 Å². The molecule has 1 heterocycles. The van der Waals surface area contributed by atoms with E-state index >= 15 is 0 Å². The Bertz CT molecular complexity index is 699. The summed E-state index contributed by atoms with van der Waals surface area (Å²) < 4.78 is 18.5. The number of aliphatic imine (C=N–C) groups is 1. The van der Waals surface area contributed by atoms with Crippen LogP contribution in [0, 0.1) is 17.1 Å². The van der Waals surface area contributed by atoms with E-state index in [1.54, 1.807) is 18.2 Å². The quantitative estimate of drug-likeness (QED) is 0.782. The van der Waals surface area contributed by atoms with E-state index in [-0.39, 0.29) is 5.82 Å². The minimum Gasteiger partial charge on any atom is -0.485 e. The third-order valence-corrected chi connectivity index (χ3v) is 2.89. The first-order valence-electron chi connectivity index (χ1n) is 5.77. The van der Waals surface area contributed by atoms with Gasteiger partial charge in [0.15, 0.2) is 0 Å². The van der Waals surface area contributed by atoms with Crippen LogP contribution in [0.3, 0.4) is 0 Å². The molecule has 0 unspecified atom stereocenters. The highest BCUT2D eigenvalue weighted by Gasteiger charge is 2.15. The summed E-state index contributed by atoms with van der Waals surface area (Å²) >= 11 is 0. The largest absolute Gasteiger partial charge is 0.485 e. The van der Waals surface area contributed by atoms with Crippen molar-refractivity contribution >= 4 is 11.4 Å². The molecule has 0 N–H and O–H groups in total. The van der Waals surface area contributed by atoms with Crippen LogP contribution in [0.2, 0.25) is 0 Å². The normalized spacial score (nSPS) is 12.9. The van der Waals surface area contributed by atoms with E-state index < -0.39 is 0 Å². The van der Waals surface area contributed by atoms with Crippen LogP contribution >= 0.6 is 0 Å². The third kappa shape index (κ3) is 2.18. The minimum absolute atomic E-state index is 0.294. The molecule has 0 saturated heterocycles. The molecule has 0 radical (unpaired) electrons. The highest BCUT2D eigenvalue weighted by molar-refractivity contribution is 6.04. The average Bonchev–Trinajstić information content (AvgIpc) is 2.47. The minimum atomic E-state index is -0.337. The molecule has 4 heteroatoms. The first-order chi connectivity index (χ1) is 9.26. The Hall–Kier alpha value is -2.67. The summed E-state index contributed by atoms with van der Waals surface area (Å²) in [5.41, 5.74) is 2.88. The molecule has 0 amide bonds. The lowest BCUT2D eigenvalue weighted by Gasteiger charge is -2.17. The summed E-state index contributed by atoms with van der Waals surface area (Å²) in [6.07, 6.45) is 0. The Labute approximate surface area is 109 Å².